The van der Waals surface area contributed by atoms with E-state index in [-0.39, 0.29) is 6.61 Å². The molecule has 0 aromatic rings. The average Bonchev–Trinajstić information content (AvgIpc) is 1.63. The summed E-state index contributed by atoms with van der Waals surface area (Å²) in [5.41, 5.74) is 3.25. The maximum Gasteiger partial charge on any atom is 0.100 e. The van der Waals surface area contributed by atoms with Crippen LogP contribution in [0.2, 0.25) is 0 Å². The van der Waals surface area contributed by atoms with E-state index in [1.54, 1.807) is 13.8 Å². The van der Waals surface area contributed by atoms with Crippen LogP contribution in [0, 0.1) is 0 Å². The summed E-state index contributed by atoms with van der Waals surface area (Å²) in [7, 11) is 0. The summed E-state index contributed by atoms with van der Waals surface area (Å²) in [5, 5.41) is 8.67. The Morgan fingerprint density at radius 2 is 2.44 bits per heavy atom. The van der Waals surface area contributed by atoms with Crippen molar-refractivity contribution < 1.29 is 9.94 Å². The minimum Gasteiger partial charge on any atom is -0.391 e. The van der Waals surface area contributed by atoms with Crippen LogP contribution in [-0.4, -0.2) is 17.8 Å². The predicted molar refractivity (Wildman–Crippen MR) is 35.6 cm³/mol. The number of nitrogens with one attached hydrogen (secondary N) is 1. The molecule has 0 aliphatic heterocycles. The predicted octanol–water partition coefficient (Wildman–Crippen LogP) is 0.422. The summed E-state index contributed by atoms with van der Waals surface area (Å²) in [6.07, 6.45) is -0.433. The fraction of sp³-hybridized carbons (Fsp3) is 0.667. The van der Waals surface area contributed by atoms with Gasteiger partial charge in [-0.1, -0.05) is 6.58 Å². The van der Waals surface area contributed by atoms with Crippen molar-refractivity contribution in [3.63, 3.8) is 0 Å². The lowest BCUT2D eigenvalue weighted by molar-refractivity contribution is 0.00172. The van der Waals surface area contributed by atoms with Crippen molar-refractivity contribution >= 4 is 0 Å². The highest BCUT2D eigenvalue weighted by Gasteiger charge is 1.92. The first-order valence-electron chi connectivity index (χ1n) is 2.84. The van der Waals surface area contributed by atoms with Gasteiger partial charge >= 0.3 is 0 Å². The molecular formula is C6H13NO2. The van der Waals surface area contributed by atoms with E-state index < -0.39 is 6.10 Å². The molecule has 1 unspecified atom stereocenters. The molecule has 1 atom stereocenters. The van der Waals surface area contributed by atoms with Gasteiger partial charge in [-0.25, -0.2) is 0 Å². The van der Waals surface area contributed by atoms with E-state index in [0.29, 0.717) is 0 Å². The summed E-state index contributed by atoms with van der Waals surface area (Å²) in [5.74, 6) is 0. The van der Waals surface area contributed by atoms with Crippen molar-refractivity contribution in [3.05, 3.63) is 12.3 Å². The number of aliphatic hydroxyl groups excluding tert-OH is 1. The molecule has 0 aromatic carbocycles. The van der Waals surface area contributed by atoms with Crippen LogP contribution >= 0.6 is 0 Å². The lowest BCUT2D eigenvalue weighted by Crippen LogP contribution is -2.19. The minimum absolute atomic E-state index is 0.285. The van der Waals surface area contributed by atoms with Gasteiger partial charge in [-0.05, 0) is 13.8 Å². The van der Waals surface area contributed by atoms with Gasteiger partial charge in [0, 0.05) is 5.70 Å². The first-order valence-corrected chi connectivity index (χ1v) is 2.84. The Bertz CT molecular complexity index is 91.1. The number of aliphatic hydroxyl groups is 1. The number of rotatable bonds is 4. The Morgan fingerprint density at radius 3 is 2.78 bits per heavy atom. The highest BCUT2D eigenvalue weighted by molar-refractivity contribution is 4.79. The molecule has 54 valence electrons. The topological polar surface area (TPSA) is 41.5 Å². The first kappa shape index (κ1) is 8.46. The smallest absolute Gasteiger partial charge is 0.100 e. The van der Waals surface area contributed by atoms with Crippen LogP contribution < -0.4 is 5.48 Å². The van der Waals surface area contributed by atoms with Gasteiger partial charge in [-0.2, -0.15) is 0 Å². The molecule has 0 aliphatic rings. The molecule has 0 saturated carbocycles. The summed E-state index contributed by atoms with van der Waals surface area (Å²) in [4.78, 5) is 4.76. The van der Waals surface area contributed by atoms with Crippen LogP contribution in [-0.2, 0) is 4.84 Å². The van der Waals surface area contributed by atoms with E-state index >= 15 is 0 Å². The summed E-state index contributed by atoms with van der Waals surface area (Å²) in [6.45, 7) is 7.25. The van der Waals surface area contributed by atoms with E-state index in [9.17, 15) is 0 Å². The molecule has 0 aromatic heterocycles. The number of allylic oxidation sites excluding steroid dienone is 1. The maximum absolute atomic E-state index is 8.67. The zero-order valence-electron chi connectivity index (χ0n) is 5.85. The summed E-state index contributed by atoms with van der Waals surface area (Å²) >= 11 is 0. The second-order valence-electron chi connectivity index (χ2n) is 2.04. The first-order chi connectivity index (χ1) is 4.13. The third-order valence-electron chi connectivity index (χ3n) is 0.571. The standard InChI is InChI=1S/C6H13NO2/c1-5(2)7-9-4-6(3)8/h6-8H,1,4H2,2-3H3. The monoisotopic (exact) mass is 131 g/mol. The quantitative estimate of drug-likeness (QED) is 0.543. The normalized spacial score (nSPS) is 12.8. The van der Waals surface area contributed by atoms with E-state index in [1.807, 2.05) is 0 Å². The molecule has 0 saturated heterocycles. The molecule has 0 spiro atoms. The summed E-state index contributed by atoms with van der Waals surface area (Å²) < 4.78 is 0. The van der Waals surface area contributed by atoms with Crippen LogP contribution in [0.25, 0.3) is 0 Å². The van der Waals surface area contributed by atoms with Crippen molar-refractivity contribution in [3.8, 4) is 0 Å². The van der Waals surface area contributed by atoms with Crippen LogP contribution in [0.5, 0.6) is 0 Å². The van der Waals surface area contributed by atoms with Crippen LogP contribution in [0.1, 0.15) is 13.8 Å². The zero-order chi connectivity index (χ0) is 7.28. The molecule has 9 heavy (non-hydrogen) atoms. The minimum atomic E-state index is -0.433. The van der Waals surface area contributed by atoms with E-state index in [4.69, 9.17) is 9.94 Å². The average molecular weight is 131 g/mol. The highest BCUT2D eigenvalue weighted by Crippen LogP contribution is 1.82. The molecule has 2 N–H and O–H groups in total. The SMILES string of the molecule is C=C(C)NOCC(C)O. The van der Waals surface area contributed by atoms with Gasteiger partial charge in [-0.3, -0.25) is 10.3 Å². The van der Waals surface area contributed by atoms with Crippen molar-refractivity contribution in [1.82, 2.24) is 5.48 Å². The van der Waals surface area contributed by atoms with Gasteiger partial charge in [0.05, 0.1) is 6.10 Å². The van der Waals surface area contributed by atoms with E-state index in [2.05, 4.69) is 12.1 Å². The van der Waals surface area contributed by atoms with Crippen molar-refractivity contribution in [1.29, 1.82) is 0 Å². The molecule has 0 aliphatic carbocycles. The van der Waals surface area contributed by atoms with E-state index in [1.165, 1.54) is 0 Å². The molecular weight excluding hydrogens is 118 g/mol. The number of hydrogen-bond donors (Lipinski definition) is 2. The number of hydroxylamine groups is 1. The van der Waals surface area contributed by atoms with Crippen LogP contribution in [0.4, 0.5) is 0 Å². The van der Waals surface area contributed by atoms with Crippen molar-refractivity contribution in [2.75, 3.05) is 6.61 Å². The molecule has 0 rings (SSSR count). The van der Waals surface area contributed by atoms with E-state index in [0.717, 1.165) is 5.70 Å². The van der Waals surface area contributed by atoms with Gasteiger partial charge in [0.15, 0.2) is 0 Å². The van der Waals surface area contributed by atoms with Gasteiger partial charge in [-0.15, -0.1) is 0 Å². The Hall–Kier alpha value is -0.540. The molecule has 3 heteroatoms. The molecule has 0 bridgehead atoms. The van der Waals surface area contributed by atoms with Gasteiger partial charge < -0.3 is 5.11 Å². The fourth-order valence-electron chi connectivity index (χ4n) is 0.285. The Balaban J connectivity index is 3.01. The largest absolute Gasteiger partial charge is 0.391 e. The lowest BCUT2D eigenvalue weighted by Gasteiger charge is -2.06. The Labute approximate surface area is 55.3 Å². The third kappa shape index (κ3) is 7.46. The van der Waals surface area contributed by atoms with Gasteiger partial charge in [0.1, 0.15) is 6.61 Å². The maximum atomic E-state index is 8.67. The molecule has 0 amide bonds. The second-order valence-corrected chi connectivity index (χ2v) is 2.04. The Kier molecular flexibility index (Phi) is 4.09. The van der Waals surface area contributed by atoms with Gasteiger partial charge in [0.2, 0.25) is 0 Å². The van der Waals surface area contributed by atoms with Crippen LogP contribution in [0.3, 0.4) is 0 Å². The fourth-order valence-corrected chi connectivity index (χ4v) is 0.285. The number of hydrogen-bond acceptors (Lipinski definition) is 3. The highest BCUT2D eigenvalue weighted by atomic mass is 16.6. The molecule has 3 nitrogen and oxygen atoms in total. The molecule has 0 fully saturated rings. The third-order valence-corrected chi connectivity index (χ3v) is 0.571. The Morgan fingerprint density at radius 1 is 1.89 bits per heavy atom. The lowest BCUT2D eigenvalue weighted by atomic mass is 10.5. The van der Waals surface area contributed by atoms with Crippen molar-refractivity contribution in [2.45, 2.75) is 20.0 Å². The van der Waals surface area contributed by atoms with Crippen LogP contribution in [0.15, 0.2) is 12.3 Å². The molecule has 0 heterocycles. The zero-order valence-corrected chi connectivity index (χ0v) is 5.85. The molecule has 0 radical (unpaired) electrons. The summed E-state index contributed by atoms with van der Waals surface area (Å²) in [6, 6.07) is 0. The second kappa shape index (κ2) is 4.35. The van der Waals surface area contributed by atoms with Crippen molar-refractivity contribution in [2.24, 2.45) is 0 Å². The van der Waals surface area contributed by atoms with Gasteiger partial charge in [0.25, 0.3) is 0 Å².